The zero-order valence-electron chi connectivity index (χ0n) is 11.3. The molecule has 4 heteroatoms. The quantitative estimate of drug-likeness (QED) is 0.819. The minimum Gasteiger partial charge on any atom is -0.396 e. The van der Waals surface area contributed by atoms with E-state index in [4.69, 9.17) is 0 Å². The molecule has 1 aromatic carbocycles. The smallest absolute Gasteiger partial charge is 0.251 e. The molecule has 0 radical (unpaired) electrons. The van der Waals surface area contributed by atoms with Crippen molar-refractivity contribution in [1.29, 1.82) is 0 Å². The number of fused-ring (bicyclic) bond motifs is 2. The van der Waals surface area contributed by atoms with Gasteiger partial charge in [-0.2, -0.15) is 0 Å². The predicted octanol–water partition coefficient (Wildman–Crippen LogP) is 1.64. The Bertz CT molecular complexity index is 511. The predicted molar refractivity (Wildman–Crippen MR) is 74.5 cm³/mol. The van der Waals surface area contributed by atoms with E-state index < -0.39 is 0 Å². The number of hydrogen-bond acceptors (Lipinski definition) is 3. The van der Waals surface area contributed by atoms with E-state index in [-0.39, 0.29) is 24.5 Å². The molecular weight excluding hydrogens is 254 g/mol. The molecule has 2 saturated carbocycles. The maximum Gasteiger partial charge on any atom is 0.251 e. The fourth-order valence-corrected chi connectivity index (χ4v) is 3.85. The Morgan fingerprint density at radius 2 is 1.95 bits per heavy atom. The van der Waals surface area contributed by atoms with E-state index in [1.807, 2.05) is 0 Å². The molecule has 4 atom stereocenters. The lowest BCUT2D eigenvalue weighted by Gasteiger charge is -2.30. The molecule has 3 rings (SSSR count). The molecular formula is C16H19NO3. The highest BCUT2D eigenvalue weighted by atomic mass is 16.3. The Labute approximate surface area is 118 Å². The Morgan fingerprint density at radius 3 is 2.60 bits per heavy atom. The van der Waals surface area contributed by atoms with E-state index in [2.05, 4.69) is 5.32 Å². The zero-order chi connectivity index (χ0) is 14.1. The van der Waals surface area contributed by atoms with Crippen LogP contribution in [-0.4, -0.2) is 29.9 Å². The lowest BCUT2D eigenvalue weighted by molar-refractivity contribution is 0.0861. The molecule has 0 heterocycles. The minimum absolute atomic E-state index is 0.0944. The molecule has 0 aliphatic heterocycles. The molecule has 2 bridgehead atoms. The molecule has 106 valence electrons. The van der Waals surface area contributed by atoms with E-state index in [0.29, 0.717) is 23.0 Å². The third kappa shape index (κ3) is 2.24. The van der Waals surface area contributed by atoms with Gasteiger partial charge < -0.3 is 10.4 Å². The van der Waals surface area contributed by atoms with E-state index in [9.17, 15) is 14.7 Å². The summed E-state index contributed by atoms with van der Waals surface area (Å²) in [7, 11) is 0. The second-order valence-corrected chi connectivity index (χ2v) is 5.92. The first-order chi connectivity index (χ1) is 9.72. The van der Waals surface area contributed by atoms with Crippen molar-refractivity contribution < 1.29 is 14.7 Å². The van der Waals surface area contributed by atoms with Crippen LogP contribution >= 0.6 is 0 Å². The van der Waals surface area contributed by atoms with Crippen molar-refractivity contribution in [1.82, 2.24) is 5.32 Å². The molecule has 2 fully saturated rings. The Kier molecular flexibility index (Phi) is 3.57. The van der Waals surface area contributed by atoms with Gasteiger partial charge in [0, 0.05) is 29.7 Å². The SMILES string of the molecule is O=Cc1ccc(C(=O)NC2C3CCC(C3)C2CO)cc1. The number of aliphatic hydroxyl groups excluding tert-OH is 1. The summed E-state index contributed by atoms with van der Waals surface area (Å²) in [5.41, 5.74) is 1.13. The van der Waals surface area contributed by atoms with E-state index in [0.717, 1.165) is 19.1 Å². The average molecular weight is 273 g/mol. The topological polar surface area (TPSA) is 66.4 Å². The first kappa shape index (κ1) is 13.3. The third-order valence-corrected chi connectivity index (χ3v) is 4.91. The summed E-state index contributed by atoms with van der Waals surface area (Å²) in [5.74, 6) is 1.16. The summed E-state index contributed by atoms with van der Waals surface area (Å²) in [6, 6.07) is 6.72. The van der Waals surface area contributed by atoms with Gasteiger partial charge in [0.25, 0.3) is 5.91 Å². The van der Waals surface area contributed by atoms with Crippen molar-refractivity contribution in [3.8, 4) is 0 Å². The fourth-order valence-electron chi connectivity index (χ4n) is 3.85. The Hall–Kier alpha value is -1.68. The summed E-state index contributed by atoms with van der Waals surface area (Å²) in [6.45, 7) is 0.149. The maximum absolute atomic E-state index is 12.3. The Morgan fingerprint density at radius 1 is 1.25 bits per heavy atom. The van der Waals surface area contributed by atoms with Crippen LogP contribution in [0.2, 0.25) is 0 Å². The molecule has 1 aromatic rings. The van der Waals surface area contributed by atoms with Gasteiger partial charge in [0.15, 0.2) is 0 Å². The van der Waals surface area contributed by atoms with Crippen LogP contribution in [-0.2, 0) is 0 Å². The minimum atomic E-state index is -0.113. The lowest BCUT2D eigenvalue weighted by Crippen LogP contribution is -2.45. The second-order valence-electron chi connectivity index (χ2n) is 5.92. The summed E-state index contributed by atoms with van der Waals surface area (Å²) in [6.07, 6.45) is 4.21. The van der Waals surface area contributed by atoms with Crippen molar-refractivity contribution in [2.24, 2.45) is 17.8 Å². The van der Waals surface area contributed by atoms with Crippen molar-refractivity contribution >= 4 is 12.2 Å². The largest absolute Gasteiger partial charge is 0.396 e. The molecule has 1 amide bonds. The van der Waals surface area contributed by atoms with Gasteiger partial charge in [-0.1, -0.05) is 12.1 Å². The molecule has 0 aromatic heterocycles. The van der Waals surface area contributed by atoms with E-state index in [1.54, 1.807) is 24.3 Å². The van der Waals surface area contributed by atoms with Crippen LogP contribution in [0.4, 0.5) is 0 Å². The third-order valence-electron chi connectivity index (χ3n) is 4.91. The van der Waals surface area contributed by atoms with E-state index in [1.165, 1.54) is 6.42 Å². The summed E-state index contributed by atoms with van der Waals surface area (Å²) in [4.78, 5) is 22.9. The van der Waals surface area contributed by atoms with Crippen LogP contribution in [0.15, 0.2) is 24.3 Å². The number of carbonyl (C=O) groups excluding carboxylic acids is 2. The summed E-state index contributed by atoms with van der Waals surface area (Å²) in [5, 5.41) is 12.6. The molecule has 4 unspecified atom stereocenters. The zero-order valence-corrected chi connectivity index (χ0v) is 11.3. The molecule has 0 saturated heterocycles. The van der Waals surface area contributed by atoms with Gasteiger partial charge in [-0.3, -0.25) is 9.59 Å². The second kappa shape index (κ2) is 5.37. The number of amides is 1. The van der Waals surface area contributed by atoms with Crippen molar-refractivity contribution in [2.45, 2.75) is 25.3 Å². The highest BCUT2D eigenvalue weighted by Crippen LogP contribution is 2.48. The average Bonchev–Trinajstić information content (AvgIpc) is 3.08. The number of aldehydes is 1. The summed E-state index contributed by atoms with van der Waals surface area (Å²) < 4.78 is 0. The lowest BCUT2D eigenvalue weighted by atomic mass is 9.85. The van der Waals surface area contributed by atoms with Crippen LogP contribution in [0.5, 0.6) is 0 Å². The molecule has 2 N–H and O–H groups in total. The van der Waals surface area contributed by atoms with Crippen LogP contribution in [0.1, 0.15) is 40.0 Å². The first-order valence-corrected chi connectivity index (χ1v) is 7.20. The van der Waals surface area contributed by atoms with Gasteiger partial charge >= 0.3 is 0 Å². The van der Waals surface area contributed by atoms with Gasteiger partial charge in [-0.15, -0.1) is 0 Å². The number of nitrogens with one attached hydrogen (secondary N) is 1. The van der Waals surface area contributed by atoms with Gasteiger partial charge in [-0.05, 0) is 43.2 Å². The highest BCUT2D eigenvalue weighted by Gasteiger charge is 2.47. The van der Waals surface area contributed by atoms with Crippen molar-refractivity contribution in [3.05, 3.63) is 35.4 Å². The van der Waals surface area contributed by atoms with E-state index >= 15 is 0 Å². The first-order valence-electron chi connectivity index (χ1n) is 7.20. The van der Waals surface area contributed by atoms with Gasteiger partial charge in [0.2, 0.25) is 0 Å². The summed E-state index contributed by atoms with van der Waals surface area (Å²) >= 11 is 0. The van der Waals surface area contributed by atoms with Gasteiger partial charge in [0.1, 0.15) is 6.29 Å². The number of aliphatic hydroxyl groups is 1. The fraction of sp³-hybridized carbons (Fsp3) is 0.500. The molecule has 4 nitrogen and oxygen atoms in total. The number of hydrogen-bond donors (Lipinski definition) is 2. The Balaban J connectivity index is 1.70. The highest BCUT2D eigenvalue weighted by molar-refractivity contribution is 5.95. The van der Waals surface area contributed by atoms with Gasteiger partial charge in [-0.25, -0.2) is 0 Å². The van der Waals surface area contributed by atoms with Crippen molar-refractivity contribution in [3.63, 3.8) is 0 Å². The van der Waals surface area contributed by atoms with Crippen LogP contribution in [0.3, 0.4) is 0 Å². The van der Waals surface area contributed by atoms with Gasteiger partial charge in [0.05, 0.1) is 0 Å². The van der Waals surface area contributed by atoms with Crippen molar-refractivity contribution in [2.75, 3.05) is 6.61 Å². The normalized spacial score (nSPS) is 31.2. The standard InChI is InChI=1S/C16H19NO3/c18-8-10-1-3-11(4-2-10)16(20)17-15-13-6-5-12(7-13)14(15)9-19/h1-4,8,12-15,19H,5-7,9H2,(H,17,20). The number of benzene rings is 1. The molecule has 20 heavy (non-hydrogen) atoms. The molecule has 2 aliphatic rings. The monoisotopic (exact) mass is 273 g/mol. The number of carbonyl (C=O) groups is 2. The van der Waals surface area contributed by atoms with Crippen LogP contribution in [0, 0.1) is 17.8 Å². The van der Waals surface area contributed by atoms with Crippen LogP contribution in [0.25, 0.3) is 0 Å². The molecule has 2 aliphatic carbocycles. The van der Waals surface area contributed by atoms with Crippen LogP contribution < -0.4 is 5.32 Å². The maximum atomic E-state index is 12.3. The number of rotatable bonds is 4. The molecule has 0 spiro atoms.